The molecule has 0 aromatic heterocycles. The number of hydrogen-bond acceptors (Lipinski definition) is 2. The van der Waals surface area contributed by atoms with Gasteiger partial charge in [0.15, 0.2) is 0 Å². The molecule has 2 nitrogen and oxygen atoms in total. The van der Waals surface area contributed by atoms with Gasteiger partial charge in [0.05, 0.1) is 6.61 Å². The van der Waals surface area contributed by atoms with Crippen molar-refractivity contribution in [3.05, 3.63) is 12.2 Å². The average molecular weight is 212 g/mol. The monoisotopic (exact) mass is 212 g/mol. The lowest BCUT2D eigenvalue weighted by Gasteiger charge is -2.23. The largest absolute Gasteiger partial charge is 0.462 e. The number of rotatable bonds is 7. The van der Waals surface area contributed by atoms with E-state index in [1.54, 1.807) is 0 Å². The van der Waals surface area contributed by atoms with E-state index in [-0.39, 0.29) is 11.4 Å². The summed E-state index contributed by atoms with van der Waals surface area (Å²) < 4.78 is 5.14. The van der Waals surface area contributed by atoms with Crippen LogP contribution >= 0.6 is 0 Å². The number of carbonyl (C=O) groups is 1. The van der Waals surface area contributed by atoms with Crippen LogP contribution in [-0.2, 0) is 9.53 Å². The maximum Gasteiger partial charge on any atom is 0.333 e. The molecule has 0 bridgehead atoms. The Labute approximate surface area is 93.7 Å². The van der Waals surface area contributed by atoms with E-state index in [0.717, 1.165) is 6.42 Å². The molecule has 0 saturated heterocycles. The van der Waals surface area contributed by atoms with Crippen LogP contribution in [0.2, 0.25) is 0 Å². The Morgan fingerprint density at radius 2 is 1.87 bits per heavy atom. The van der Waals surface area contributed by atoms with Crippen LogP contribution in [0, 0.1) is 5.41 Å². The van der Waals surface area contributed by atoms with E-state index in [1.807, 2.05) is 6.92 Å². The summed E-state index contributed by atoms with van der Waals surface area (Å²) in [7, 11) is 0. The number of carbonyl (C=O) groups excluding carboxylic acids is 1. The summed E-state index contributed by atoms with van der Waals surface area (Å²) in [6.45, 7) is 12.7. The molecule has 2 heteroatoms. The lowest BCUT2D eigenvalue weighted by Crippen LogP contribution is -2.16. The van der Waals surface area contributed by atoms with Crippen LogP contribution < -0.4 is 0 Å². The third-order valence-corrected chi connectivity index (χ3v) is 2.65. The van der Waals surface area contributed by atoms with Gasteiger partial charge in [-0.3, -0.25) is 0 Å². The summed E-state index contributed by atoms with van der Waals surface area (Å²) in [5.41, 5.74) is 0.825. The van der Waals surface area contributed by atoms with E-state index in [9.17, 15) is 4.79 Å². The standard InChI is InChI=1S/C13H24O2/c1-6-8-13(4,5)9-10-15-12(14)11(3)7-2/h3,6-10H2,1-2,4-5H3. The molecule has 0 aliphatic rings. The first-order valence-corrected chi connectivity index (χ1v) is 5.78. The zero-order valence-corrected chi connectivity index (χ0v) is 10.6. The molecule has 0 amide bonds. The topological polar surface area (TPSA) is 26.3 Å². The molecule has 0 aliphatic carbocycles. The van der Waals surface area contributed by atoms with E-state index in [4.69, 9.17) is 4.74 Å². The fourth-order valence-electron chi connectivity index (χ4n) is 1.47. The minimum absolute atomic E-state index is 0.246. The molecular formula is C13H24O2. The molecule has 0 atom stereocenters. The Balaban J connectivity index is 3.79. The Morgan fingerprint density at radius 1 is 1.27 bits per heavy atom. The van der Waals surface area contributed by atoms with Gasteiger partial charge in [0.2, 0.25) is 0 Å². The van der Waals surface area contributed by atoms with Gasteiger partial charge in [0.1, 0.15) is 0 Å². The zero-order valence-electron chi connectivity index (χ0n) is 10.6. The van der Waals surface area contributed by atoms with Gasteiger partial charge in [0.25, 0.3) is 0 Å². The fourth-order valence-corrected chi connectivity index (χ4v) is 1.47. The van der Waals surface area contributed by atoms with Crippen molar-refractivity contribution < 1.29 is 9.53 Å². The molecule has 0 radical (unpaired) electrons. The smallest absolute Gasteiger partial charge is 0.333 e. The average Bonchev–Trinajstić information content (AvgIpc) is 2.15. The van der Waals surface area contributed by atoms with Gasteiger partial charge in [-0.25, -0.2) is 4.79 Å². The van der Waals surface area contributed by atoms with Crippen molar-refractivity contribution in [2.45, 2.75) is 53.4 Å². The van der Waals surface area contributed by atoms with Gasteiger partial charge < -0.3 is 4.74 Å². The second kappa shape index (κ2) is 6.65. The van der Waals surface area contributed by atoms with Gasteiger partial charge in [0, 0.05) is 5.57 Å². The quantitative estimate of drug-likeness (QED) is 0.475. The van der Waals surface area contributed by atoms with Gasteiger partial charge in [-0.05, 0) is 24.7 Å². The fraction of sp³-hybridized carbons (Fsp3) is 0.769. The van der Waals surface area contributed by atoms with Crippen LogP contribution in [0.25, 0.3) is 0 Å². The summed E-state index contributed by atoms with van der Waals surface area (Å²) in [4.78, 5) is 11.3. The zero-order chi connectivity index (χ0) is 11.9. The SMILES string of the molecule is C=C(CC)C(=O)OCCC(C)(C)CCC. The maximum absolute atomic E-state index is 11.3. The van der Waals surface area contributed by atoms with Gasteiger partial charge in [-0.2, -0.15) is 0 Å². The first kappa shape index (κ1) is 14.2. The Kier molecular flexibility index (Phi) is 6.30. The highest BCUT2D eigenvalue weighted by Gasteiger charge is 2.17. The summed E-state index contributed by atoms with van der Waals surface area (Å²) in [6, 6.07) is 0. The van der Waals surface area contributed by atoms with Crippen LogP contribution in [0.1, 0.15) is 53.4 Å². The molecule has 0 spiro atoms. The minimum Gasteiger partial charge on any atom is -0.462 e. The van der Waals surface area contributed by atoms with Crippen LogP contribution in [0.4, 0.5) is 0 Å². The van der Waals surface area contributed by atoms with Crippen molar-refractivity contribution in [3.8, 4) is 0 Å². The summed E-state index contributed by atoms with van der Waals surface area (Å²) in [6.07, 6.45) is 3.92. The molecular weight excluding hydrogens is 188 g/mol. The maximum atomic E-state index is 11.3. The van der Waals surface area contributed by atoms with E-state index in [1.165, 1.54) is 12.8 Å². The Bertz CT molecular complexity index is 217. The molecule has 15 heavy (non-hydrogen) atoms. The molecule has 0 fully saturated rings. The number of ether oxygens (including phenoxy) is 1. The van der Waals surface area contributed by atoms with Crippen molar-refractivity contribution >= 4 is 5.97 Å². The summed E-state index contributed by atoms with van der Waals surface area (Å²) in [5, 5.41) is 0. The first-order valence-electron chi connectivity index (χ1n) is 5.78. The highest BCUT2D eigenvalue weighted by molar-refractivity contribution is 5.87. The third-order valence-electron chi connectivity index (χ3n) is 2.65. The predicted octanol–water partition coefficient (Wildman–Crippen LogP) is 3.71. The van der Waals surface area contributed by atoms with Crippen LogP contribution in [-0.4, -0.2) is 12.6 Å². The lowest BCUT2D eigenvalue weighted by molar-refractivity contribution is -0.139. The highest BCUT2D eigenvalue weighted by Crippen LogP contribution is 2.26. The predicted molar refractivity (Wildman–Crippen MR) is 63.7 cm³/mol. The minimum atomic E-state index is -0.246. The first-order chi connectivity index (χ1) is 6.93. The Hall–Kier alpha value is -0.790. The molecule has 0 unspecified atom stereocenters. The van der Waals surface area contributed by atoms with Crippen LogP contribution in [0.15, 0.2) is 12.2 Å². The van der Waals surface area contributed by atoms with Crippen molar-refractivity contribution in [2.24, 2.45) is 5.41 Å². The van der Waals surface area contributed by atoms with Crippen molar-refractivity contribution in [3.63, 3.8) is 0 Å². The second-order valence-corrected chi connectivity index (χ2v) is 4.76. The van der Waals surface area contributed by atoms with E-state index in [0.29, 0.717) is 18.6 Å². The Morgan fingerprint density at radius 3 is 2.33 bits per heavy atom. The molecule has 0 rings (SSSR count). The second-order valence-electron chi connectivity index (χ2n) is 4.76. The molecule has 0 N–H and O–H groups in total. The number of esters is 1. The van der Waals surface area contributed by atoms with Crippen molar-refractivity contribution in [1.29, 1.82) is 0 Å². The molecule has 0 aromatic carbocycles. The summed E-state index contributed by atoms with van der Waals surface area (Å²) >= 11 is 0. The van der Waals surface area contributed by atoms with E-state index in [2.05, 4.69) is 27.4 Å². The normalized spacial score (nSPS) is 11.2. The van der Waals surface area contributed by atoms with E-state index < -0.39 is 0 Å². The van der Waals surface area contributed by atoms with Crippen LogP contribution in [0.3, 0.4) is 0 Å². The lowest BCUT2D eigenvalue weighted by atomic mass is 9.85. The van der Waals surface area contributed by atoms with Gasteiger partial charge >= 0.3 is 5.97 Å². The van der Waals surface area contributed by atoms with E-state index >= 15 is 0 Å². The number of hydrogen-bond donors (Lipinski definition) is 0. The molecule has 0 heterocycles. The summed E-state index contributed by atoms with van der Waals surface area (Å²) in [5.74, 6) is -0.246. The van der Waals surface area contributed by atoms with Gasteiger partial charge in [-0.15, -0.1) is 0 Å². The molecule has 0 saturated carbocycles. The van der Waals surface area contributed by atoms with Crippen molar-refractivity contribution in [1.82, 2.24) is 0 Å². The van der Waals surface area contributed by atoms with Crippen molar-refractivity contribution in [2.75, 3.05) is 6.61 Å². The van der Waals surface area contributed by atoms with Gasteiger partial charge in [-0.1, -0.05) is 40.7 Å². The highest BCUT2D eigenvalue weighted by atomic mass is 16.5. The molecule has 88 valence electrons. The van der Waals surface area contributed by atoms with Crippen LogP contribution in [0.5, 0.6) is 0 Å². The molecule has 0 aliphatic heterocycles. The third kappa shape index (κ3) is 6.32. The molecule has 0 aromatic rings.